The van der Waals surface area contributed by atoms with Crippen LogP contribution in [0.3, 0.4) is 0 Å². The Bertz CT molecular complexity index is 806. The molecule has 2 rings (SSSR count). The Balaban J connectivity index is 2.50. The fraction of sp³-hybridized carbons (Fsp3) is 0.545. The Morgan fingerprint density at radius 3 is 2.48 bits per heavy atom. The van der Waals surface area contributed by atoms with Crippen LogP contribution in [0.1, 0.15) is 6.42 Å². The summed E-state index contributed by atoms with van der Waals surface area (Å²) < 4.78 is 27.6. The SMILES string of the molecule is Cn1cc(S(=O)(=O)N2CCC(C(=O)O)C2)c(=O)n(C)c1=O. The lowest BCUT2D eigenvalue weighted by Gasteiger charge is -2.16. The van der Waals surface area contributed by atoms with E-state index in [2.05, 4.69) is 0 Å². The molecule has 1 unspecified atom stereocenters. The van der Waals surface area contributed by atoms with Gasteiger partial charge in [-0.2, -0.15) is 4.31 Å². The van der Waals surface area contributed by atoms with Crippen molar-refractivity contribution in [1.82, 2.24) is 13.4 Å². The van der Waals surface area contributed by atoms with Crippen LogP contribution in [0.15, 0.2) is 20.7 Å². The third-order valence-corrected chi connectivity index (χ3v) is 5.38. The van der Waals surface area contributed by atoms with Crippen molar-refractivity contribution in [3.8, 4) is 0 Å². The van der Waals surface area contributed by atoms with Crippen molar-refractivity contribution in [3.63, 3.8) is 0 Å². The molecule has 2 heterocycles. The topological polar surface area (TPSA) is 119 Å². The molecule has 1 saturated heterocycles. The first-order valence-electron chi connectivity index (χ1n) is 6.16. The molecule has 1 atom stereocenters. The van der Waals surface area contributed by atoms with E-state index in [-0.39, 0.29) is 19.5 Å². The maximum atomic E-state index is 12.4. The molecule has 0 bridgehead atoms. The maximum Gasteiger partial charge on any atom is 0.330 e. The molecule has 1 aromatic rings. The Hall–Kier alpha value is -1.94. The molecule has 0 spiro atoms. The van der Waals surface area contributed by atoms with Gasteiger partial charge in [0.05, 0.1) is 5.92 Å². The predicted molar refractivity (Wildman–Crippen MR) is 71.4 cm³/mol. The number of aliphatic carboxylic acids is 1. The van der Waals surface area contributed by atoms with E-state index < -0.39 is 38.1 Å². The number of carboxylic acids is 1. The predicted octanol–water partition coefficient (Wildman–Crippen LogP) is -1.82. The van der Waals surface area contributed by atoms with Crippen LogP contribution < -0.4 is 11.2 Å². The fourth-order valence-corrected chi connectivity index (χ4v) is 3.89. The van der Waals surface area contributed by atoms with E-state index >= 15 is 0 Å². The Kier molecular flexibility index (Phi) is 3.76. The van der Waals surface area contributed by atoms with Crippen LogP contribution in [0.25, 0.3) is 0 Å². The molecule has 0 radical (unpaired) electrons. The van der Waals surface area contributed by atoms with Crippen LogP contribution in [0.4, 0.5) is 0 Å². The number of hydrogen-bond acceptors (Lipinski definition) is 5. The monoisotopic (exact) mass is 317 g/mol. The van der Waals surface area contributed by atoms with Crippen molar-refractivity contribution < 1.29 is 18.3 Å². The van der Waals surface area contributed by atoms with Gasteiger partial charge in [0, 0.05) is 33.4 Å². The second-order valence-corrected chi connectivity index (χ2v) is 6.84. The van der Waals surface area contributed by atoms with Gasteiger partial charge in [-0.3, -0.25) is 14.2 Å². The van der Waals surface area contributed by atoms with Gasteiger partial charge in [0.2, 0.25) is 10.0 Å². The lowest BCUT2D eigenvalue weighted by molar-refractivity contribution is -0.141. The van der Waals surface area contributed by atoms with Gasteiger partial charge in [-0.1, -0.05) is 0 Å². The van der Waals surface area contributed by atoms with Crippen LogP contribution in [0.2, 0.25) is 0 Å². The molecule has 0 aromatic carbocycles. The van der Waals surface area contributed by atoms with Crippen molar-refractivity contribution in [1.29, 1.82) is 0 Å². The fourth-order valence-electron chi connectivity index (χ4n) is 2.24. The number of rotatable bonds is 3. The molecule has 9 nitrogen and oxygen atoms in total. The molecule has 1 aromatic heterocycles. The standard InChI is InChI=1S/C11H15N3O6S/c1-12-6-8(9(15)13(2)11(12)18)21(19,20)14-4-3-7(5-14)10(16)17/h6-7H,3-5H2,1-2H3,(H,16,17). The van der Waals surface area contributed by atoms with E-state index in [1.807, 2.05) is 0 Å². The molecule has 1 aliphatic rings. The Morgan fingerprint density at radius 2 is 1.95 bits per heavy atom. The van der Waals surface area contributed by atoms with Crippen molar-refractivity contribution >= 4 is 16.0 Å². The third kappa shape index (κ3) is 2.51. The zero-order chi connectivity index (χ0) is 15.9. The molecule has 0 aliphatic carbocycles. The number of carboxylic acid groups (broad SMARTS) is 1. The highest BCUT2D eigenvalue weighted by molar-refractivity contribution is 7.89. The first-order chi connectivity index (χ1) is 9.66. The average molecular weight is 317 g/mol. The number of carbonyl (C=O) groups is 1. The molecule has 1 N–H and O–H groups in total. The molecule has 1 aliphatic heterocycles. The van der Waals surface area contributed by atoms with Gasteiger partial charge in [0.15, 0.2) is 4.90 Å². The first-order valence-corrected chi connectivity index (χ1v) is 7.60. The summed E-state index contributed by atoms with van der Waals surface area (Å²) in [5.74, 6) is -1.85. The van der Waals surface area contributed by atoms with E-state index in [1.54, 1.807) is 0 Å². The normalized spacial score (nSPS) is 19.8. The third-order valence-electron chi connectivity index (χ3n) is 3.53. The summed E-state index contributed by atoms with van der Waals surface area (Å²) in [4.78, 5) is 33.9. The van der Waals surface area contributed by atoms with Crippen molar-refractivity contribution in [2.45, 2.75) is 11.3 Å². The van der Waals surface area contributed by atoms with Crippen molar-refractivity contribution in [2.24, 2.45) is 20.0 Å². The Labute approximate surface area is 120 Å². The molecular weight excluding hydrogens is 302 g/mol. The van der Waals surface area contributed by atoms with E-state index in [0.717, 1.165) is 15.1 Å². The molecule has 0 saturated carbocycles. The zero-order valence-electron chi connectivity index (χ0n) is 11.5. The molecule has 116 valence electrons. The summed E-state index contributed by atoms with van der Waals surface area (Å²) in [5, 5.41) is 8.91. The second-order valence-electron chi connectivity index (χ2n) is 4.94. The summed E-state index contributed by atoms with van der Waals surface area (Å²) >= 11 is 0. The largest absolute Gasteiger partial charge is 0.481 e. The summed E-state index contributed by atoms with van der Waals surface area (Å²) in [6.45, 7) is -0.144. The zero-order valence-corrected chi connectivity index (χ0v) is 12.3. The van der Waals surface area contributed by atoms with Crippen LogP contribution in [0.5, 0.6) is 0 Å². The number of aryl methyl sites for hydroxylation is 1. The van der Waals surface area contributed by atoms with Crippen LogP contribution >= 0.6 is 0 Å². The molecule has 1 fully saturated rings. The van der Waals surface area contributed by atoms with E-state index in [4.69, 9.17) is 5.11 Å². The van der Waals surface area contributed by atoms with E-state index in [9.17, 15) is 22.8 Å². The van der Waals surface area contributed by atoms with Gasteiger partial charge < -0.3 is 9.67 Å². The lowest BCUT2D eigenvalue weighted by atomic mass is 10.1. The van der Waals surface area contributed by atoms with Crippen molar-refractivity contribution in [2.75, 3.05) is 13.1 Å². The van der Waals surface area contributed by atoms with Gasteiger partial charge in [-0.25, -0.2) is 13.2 Å². The highest BCUT2D eigenvalue weighted by Crippen LogP contribution is 2.22. The number of nitrogens with zero attached hydrogens (tertiary/aromatic N) is 3. The first kappa shape index (κ1) is 15.4. The van der Waals surface area contributed by atoms with E-state index in [1.165, 1.54) is 14.1 Å². The Morgan fingerprint density at radius 1 is 1.33 bits per heavy atom. The summed E-state index contributed by atoms with van der Waals surface area (Å²) in [5.41, 5.74) is -1.55. The number of sulfonamides is 1. The van der Waals surface area contributed by atoms with Gasteiger partial charge >= 0.3 is 11.7 Å². The van der Waals surface area contributed by atoms with Crippen LogP contribution in [-0.4, -0.2) is 46.0 Å². The lowest BCUT2D eigenvalue weighted by Crippen LogP contribution is -2.42. The summed E-state index contributed by atoms with van der Waals surface area (Å²) in [6, 6.07) is 0. The number of hydrogen-bond donors (Lipinski definition) is 1. The minimum absolute atomic E-state index is 0.0330. The van der Waals surface area contributed by atoms with Gasteiger partial charge in [0.25, 0.3) is 5.56 Å². The molecular formula is C11H15N3O6S. The molecule has 10 heteroatoms. The van der Waals surface area contributed by atoms with E-state index in [0.29, 0.717) is 4.57 Å². The smallest absolute Gasteiger partial charge is 0.330 e. The van der Waals surface area contributed by atoms with Gasteiger partial charge in [0.1, 0.15) is 0 Å². The summed E-state index contributed by atoms with van der Waals surface area (Å²) in [7, 11) is -1.59. The maximum absolute atomic E-state index is 12.4. The second kappa shape index (κ2) is 5.11. The quantitative estimate of drug-likeness (QED) is 0.701. The van der Waals surface area contributed by atoms with Gasteiger partial charge in [-0.05, 0) is 6.42 Å². The van der Waals surface area contributed by atoms with Crippen LogP contribution in [-0.2, 0) is 28.9 Å². The average Bonchev–Trinajstić information content (AvgIpc) is 2.91. The number of aromatic nitrogens is 2. The summed E-state index contributed by atoms with van der Waals surface area (Å²) in [6.07, 6.45) is 1.16. The highest BCUT2D eigenvalue weighted by Gasteiger charge is 2.37. The van der Waals surface area contributed by atoms with Crippen LogP contribution in [0, 0.1) is 5.92 Å². The molecule has 21 heavy (non-hydrogen) atoms. The van der Waals surface area contributed by atoms with Gasteiger partial charge in [-0.15, -0.1) is 0 Å². The van der Waals surface area contributed by atoms with Crippen molar-refractivity contribution in [3.05, 3.63) is 27.0 Å². The molecule has 0 amide bonds. The minimum Gasteiger partial charge on any atom is -0.481 e. The highest BCUT2D eigenvalue weighted by atomic mass is 32.2. The minimum atomic E-state index is -4.12.